The zero-order valence-electron chi connectivity index (χ0n) is 11.4. The quantitative estimate of drug-likeness (QED) is 0.913. The molecule has 108 valence electrons. The SMILES string of the molecule is Cc1ccc2c(c1)[C@@H](N)C(=O)N2Cc1ccc(Cl)c(Cl)c1. The molecule has 0 radical (unpaired) electrons. The summed E-state index contributed by atoms with van der Waals surface area (Å²) in [5.41, 5.74) is 9.76. The minimum atomic E-state index is -0.595. The van der Waals surface area contributed by atoms with Crippen LogP contribution in [0.3, 0.4) is 0 Å². The fourth-order valence-corrected chi connectivity index (χ4v) is 2.89. The number of rotatable bonds is 2. The Morgan fingerprint density at radius 1 is 1.14 bits per heavy atom. The van der Waals surface area contributed by atoms with Gasteiger partial charge in [-0.05, 0) is 30.7 Å². The summed E-state index contributed by atoms with van der Waals surface area (Å²) in [6.45, 7) is 2.42. The van der Waals surface area contributed by atoms with Gasteiger partial charge in [-0.3, -0.25) is 4.79 Å². The summed E-state index contributed by atoms with van der Waals surface area (Å²) in [6, 6.07) is 10.7. The van der Waals surface area contributed by atoms with E-state index >= 15 is 0 Å². The Balaban J connectivity index is 1.96. The first-order valence-electron chi connectivity index (χ1n) is 6.59. The molecule has 0 spiro atoms. The second-order valence-electron chi connectivity index (χ2n) is 5.21. The van der Waals surface area contributed by atoms with E-state index in [1.54, 1.807) is 17.0 Å². The van der Waals surface area contributed by atoms with E-state index in [0.29, 0.717) is 16.6 Å². The number of carbonyl (C=O) groups excluding carboxylic acids is 1. The Bertz CT molecular complexity index is 730. The normalized spacial score (nSPS) is 17.2. The average molecular weight is 321 g/mol. The molecule has 1 aliphatic heterocycles. The highest BCUT2D eigenvalue weighted by molar-refractivity contribution is 6.42. The molecule has 0 bridgehead atoms. The topological polar surface area (TPSA) is 46.3 Å². The van der Waals surface area contributed by atoms with Crippen LogP contribution in [0.2, 0.25) is 10.0 Å². The maximum absolute atomic E-state index is 12.4. The van der Waals surface area contributed by atoms with Crippen LogP contribution in [0.25, 0.3) is 0 Å². The van der Waals surface area contributed by atoms with Gasteiger partial charge in [0.15, 0.2) is 0 Å². The van der Waals surface area contributed by atoms with Gasteiger partial charge in [-0.25, -0.2) is 0 Å². The Morgan fingerprint density at radius 2 is 1.90 bits per heavy atom. The predicted molar refractivity (Wildman–Crippen MR) is 85.8 cm³/mol. The molecule has 0 saturated heterocycles. The highest BCUT2D eigenvalue weighted by Gasteiger charge is 2.34. The monoisotopic (exact) mass is 320 g/mol. The highest BCUT2D eigenvalue weighted by atomic mass is 35.5. The van der Waals surface area contributed by atoms with Crippen molar-refractivity contribution in [2.24, 2.45) is 5.73 Å². The van der Waals surface area contributed by atoms with E-state index in [4.69, 9.17) is 28.9 Å². The molecule has 3 rings (SSSR count). The smallest absolute Gasteiger partial charge is 0.248 e. The van der Waals surface area contributed by atoms with E-state index in [0.717, 1.165) is 22.4 Å². The molecule has 21 heavy (non-hydrogen) atoms. The molecule has 0 aromatic heterocycles. The largest absolute Gasteiger partial charge is 0.316 e. The van der Waals surface area contributed by atoms with Gasteiger partial charge in [-0.15, -0.1) is 0 Å². The summed E-state index contributed by atoms with van der Waals surface area (Å²) >= 11 is 11.9. The summed E-state index contributed by atoms with van der Waals surface area (Å²) in [7, 11) is 0. The summed E-state index contributed by atoms with van der Waals surface area (Å²) in [4.78, 5) is 14.1. The molecule has 2 aromatic carbocycles. The van der Waals surface area contributed by atoms with Crippen molar-refractivity contribution in [1.29, 1.82) is 0 Å². The number of anilines is 1. The number of halogens is 2. The third kappa shape index (κ3) is 2.53. The van der Waals surface area contributed by atoms with E-state index in [-0.39, 0.29) is 5.91 Å². The third-order valence-corrected chi connectivity index (χ3v) is 4.40. The molecule has 2 N–H and O–H groups in total. The van der Waals surface area contributed by atoms with Crippen LogP contribution in [-0.4, -0.2) is 5.91 Å². The minimum absolute atomic E-state index is 0.0957. The number of fused-ring (bicyclic) bond motifs is 1. The lowest BCUT2D eigenvalue weighted by molar-refractivity contribution is -0.119. The summed E-state index contributed by atoms with van der Waals surface area (Å²) < 4.78 is 0. The van der Waals surface area contributed by atoms with Gasteiger partial charge in [0.25, 0.3) is 0 Å². The van der Waals surface area contributed by atoms with Crippen LogP contribution in [0.4, 0.5) is 5.69 Å². The van der Waals surface area contributed by atoms with Crippen LogP contribution in [0, 0.1) is 6.92 Å². The van der Waals surface area contributed by atoms with Crippen molar-refractivity contribution >= 4 is 34.8 Å². The Hall–Kier alpha value is -1.55. The van der Waals surface area contributed by atoms with E-state index in [1.807, 2.05) is 31.2 Å². The number of hydrogen-bond acceptors (Lipinski definition) is 2. The van der Waals surface area contributed by atoms with Crippen LogP contribution in [-0.2, 0) is 11.3 Å². The molecule has 0 aliphatic carbocycles. The number of nitrogens with zero attached hydrogens (tertiary/aromatic N) is 1. The van der Waals surface area contributed by atoms with Crippen molar-refractivity contribution in [3.05, 3.63) is 63.1 Å². The molecule has 0 unspecified atom stereocenters. The zero-order chi connectivity index (χ0) is 15.1. The Kier molecular flexibility index (Phi) is 3.66. The van der Waals surface area contributed by atoms with Crippen molar-refractivity contribution in [2.75, 3.05) is 4.90 Å². The molecule has 1 amide bonds. The fourth-order valence-electron chi connectivity index (χ4n) is 2.57. The van der Waals surface area contributed by atoms with E-state index < -0.39 is 6.04 Å². The number of hydrogen-bond donors (Lipinski definition) is 1. The summed E-state index contributed by atoms with van der Waals surface area (Å²) in [6.07, 6.45) is 0. The maximum atomic E-state index is 12.4. The minimum Gasteiger partial charge on any atom is -0.316 e. The molecule has 0 fully saturated rings. The maximum Gasteiger partial charge on any atom is 0.248 e. The van der Waals surface area contributed by atoms with Crippen LogP contribution >= 0.6 is 23.2 Å². The van der Waals surface area contributed by atoms with Gasteiger partial charge in [0.1, 0.15) is 6.04 Å². The van der Waals surface area contributed by atoms with E-state index in [9.17, 15) is 4.79 Å². The van der Waals surface area contributed by atoms with Crippen molar-refractivity contribution in [3.8, 4) is 0 Å². The Morgan fingerprint density at radius 3 is 2.62 bits per heavy atom. The van der Waals surface area contributed by atoms with Gasteiger partial charge in [-0.2, -0.15) is 0 Å². The van der Waals surface area contributed by atoms with E-state index in [2.05, 4.69) is 0 Å². The first-order valence-corrected chi connectivity index (χ1v) is 7.34. The van der Waals surface area contributed by atoms with Crippen LogP contribution in [0.15, 0.2) is 36.4 Å². The second kappa shape index (κ2) is 5.34. The van der Waals surface area contributed by atoms with Gasteiger partial charge < -0.3 is 10.6 Å². The predicted octanol–water partition coefficient (Wildman–Crippen LogP) is 3.85. The first kappa shape index (κ1) is 14.4. The number of benzene rings is 2. The van der Waals surface area contributed by atoms with Crippen molar-refractivity contribution < 1.29 is 4.79 Å². The van der Waals surface area contributed by atoms with Crippen LogP contribution < -0.4 is 10.6 Å². The number of aryl methyl sites for hydroxylation is 1. The van der Waals surface area contributed by atoms with Crippen LogP contribution in [0.1, 0.15) is 22.7 Å². The molecule has 1 atom stereocenters. The van der Waals surface area contributed by atoms with Crippen LogP contribution in [0.5, 0.6) is 0 Å². The summed E-state index contributed by atoms with van der Waals surface area (Å²) in [5, 5.41) is 0.982. The van der Waals surface area contributed by atoms with E-state index in [1.165, 1.54) is 0 Å². The molecule has 1 aliphatic rings. The molecule has 2 aromatic rings. The summed E-state index contributed by atoms with van der Waals surface area (Å²) in [5.74, 6) is -0.0957. The molecular weight excluding hydrogens is 307 g/mol. The Labute approximate surface area is 133 Å². The van der Waals surface area contributed by atoms with Gasteiger partial charge in [-0.1, -0.05) is 47.0 Å². The van der Waals surface area contributed by atoms with Gasteiger partial charge in [0.05, 0.1) is 16.6 Å². The van der Waals surface area contributed by atoms with Crippen molar-refractivity contribution in [2.45, 2.75) is 19.5 Å². The molecule has 5 heteroatoms. The fraction of sp³-hybridized carbons (Fsp3) is 0.188. The third-order valence-electron chi connectivity index (χ3n) is 3.67. The average Bonchev–Trinajstić information content (AvgIpc) is 2.68. The number of carbonyl (C=O) groups is 1. The lowest BCUT2D eigenvalue weighted by atomic mass is 10.1. The molecule has 0 saturated carbocycles. The zero-order valence-corrected chi connectivity index (χ0v) is 12.9. The second-order valence-corrected chi connectivity index (χ2v) is 6.03. The number of nitrogens with two attached hydrogens (primary N) is 1. The number of amides is 1. The first-order chi connectivity index (χ1) is 9.97. The molecule has 1 heterocycles. The highest BCUT2D eigenvalue weighted by Crippen LogP contribution is 2.36. The molecule has 3 nitrogen and oxygen atoms in total. The molecular formula is C16H14Cl2N2O. The standard InChI is InChI=1S/C16H14Cl2N2O/c1-9-2-5-14-11(6-9)15(19)16(21)20(14)8-10-3-4-12(17)13(18)7-10/h2-7,15H,8,19H2,1H3/t15-/m1/s1. The lowest BCUT2D eigenvalue weighted by Crippen LogP contribution is -2.31. The van der Waals surface area contributed by atoms with Gasteiger partial charge in [0.2, 0.25) is 5.91 Å². The van der Waals surface area contributed by atoms with Gasteiger partial charge in [0, 0.05) is 11.3 Å². The van der Waals surface area contributed by atoms with Crippen molar-refractivity contribution in [3.63, 3.8) is 0 Å². The van der Waals surface area contributed by atoms with Crippen molar-refractivity contribution in [1.82, 2.24) is 0 Å². The lowest BCUT2D eigenvalue weighted by Gasteiger charge is -2.18. The van der Waals surface area contributed by atoms with Gasteiger partial charge >= 0.3 is 0 Å².